The summed E-state index contributed by atoms with van der Waals surface area (Å²) in [6.45, 7) is 1.29. The van der Waals surface area contributed by atoms with Crippen molar-refractivity contribution in [2.45, 2.75) is 6.54 Å². The molecule has 3 nitrogen and oxygen atoms in total. The van der Waals surface area contributed by atoms with Gasteiger partial charge >= 0.3 is 0 Å². The van der Waals surface area contributed by atoms with E-state index in [4.69, 9.17) is 38.4 Å². The Labute approximate surface area is 128 Å². The highest BCUT2D eigenvalue weighted by atomic mass is 35.5. The molecule has 5 heteroatoms. The Hall–Kier alpha value is -1.42. The van der Waals surface area contributed by atoms with Crippen molar-refractivity contribution in [3.63, 3.8) is 0 Å². The average molecular weight is 312 g/mol. The highest BCUT2D eigenvalue weighted by Gasteiger charge is 2.06. The molecule has 0 aliphatic carbocycles. The molecule has 2 N–H and O–H groups in total. The van der Waals surface area contributed by atoms with Gasteiger partial charge in [-0.25, -0.2) is 0 Å². The summed E-state index contributed by atoms with van der Waals surface area (Å²) in [5, 5.41) is 0.981. The summed E-state index contributed by atoms with van der Waals surface area (Å²) in [6.07, 6.45) is 0. The molecule has 0 heterocycles. The molecule has 2 aromatic rings. The molecule has 0 amide bonds. The molecule has 2 aromatic carbocycles. The number of hydrogen-bond donors (Lipinski definition) is 1. The predicted octanol–water partition coefficient (Wildman–Crippen LogP) is 3.91. The van der Waals surface area contributed by atoms with E-state index < -0.39 is 0 Å². The summed E-state index contributed by atoms with van der Waals surface area (Å²) in [5.41, 5.74) is 6.59. The highest BCUT2D eigenvalue weighted by molar-refractivity contribution is 6.37. The Morgan fingerprint density at radius 2 is 1.45 bits per heavy atom. The molecule has 0 unspecified atom stereocenters. The Morgan fingerprint density at radius 3 is 2.05 bits per heavy atom. The van der Waals surface area contributed by atoms with Crippen LogP contribution in [0, 0.1) is 0 Å². The summed E-state index contributed by atoms with van der Waals surface area (Å²) in [7, 11) is 0. The average Bonchev–Trinajstić information content (AvgIpc) is 2.46. The van der Waals surface area contributed by atoms with Crippen LogP contribution >= 0.6 is 23.2 Å². The van der Waals surface area contributed by atoms with Gasteiger partial charge in [-0.2, -0.15) is 0 Å². The Kier molecular flexibility index (Phi) is 5.53. The minimum Gasteiger partial charge on any atom is -0.490 e. The Bertz CT molecular complexity index is 538. The minimum atomic E-state index is 0.363. The van der Waals surface area contributed by atoms with E-state index in [9.17, 15) is 0 Å². The first-order chi connectivity index (χ1) is 9.70. The maximum Gasteiger partial charge on any atom is 0.156 e. The van der Waals surface area contributed by atoms with Crippen LogP contribution in [0.4, 0.5) is 0 Å². The largest absolute Gasteiger partial charge is 0.490 e. The lowest BCUT2D eigenvalue weighted by Gasteiger charge is -2.11. The molecule has 0 aromatic heterocycles. The van der Waals surface area contributed by atoms with Gasteiger partial charge in [0.25, 0.3) is 0 Å². The van der Waals surface area contributed by atoms with E-state index in [1.165, 1.54) is 0 Å². The molecule has 0 spiro atoms. The van der Waals surface area contributed by atoms with Gasteiger partial charge in [0.2, 0.25) is 0 Å². The third-order valence-corrected chi connectivity index (χ3v) is 3.27. The lowest BCUT2D eigenvalue weighted by Crippen LogP contribution is -2.09. The van der Waals surface area contributed by atoms with Gasteiger partial charge < -0.3 is 15.2 Å². The fourth-order valence-electron chi connectivity index (χ4n) is 1.65. The maximum absolute atomic E-state index is 6.00. The molecule has 0 saturated heterocycles. The lowest BCUT2D eigenvalue weighted by atomic mass is 10.2. The van der Waals surface area contributed by atoms with Gasteiger partial charge in [0.05, 0.1) is 10.0 Å². The van der Waals surface area contributed by atoms with Crippen LogP contribution in [0.5, 0.6) is 11.5 Å². The zero-order chi connectivity index (χ0) is 14.4. The molecular formula is C15H15Cl2NO2. The van der Waals surface area contributed by atoms with E-state index in [0.29, 0.717) is 35.6 Å². The summed E-state index contributed by atoms with van der Waals surface area (Å²) < 4.78 is 11.1. The van der Waals surface area contributed by atoms with Gasteiger partial charge in [-0.15, -0.1) is 0 Å². The van der Waals surface area contributed by atoms with E-state index >= 15 is 0 Å². The summed E-state index contributed by atoms with van der Waals surface area (Å²) in [6, 6.07) is 12.9. The van der Waals surface area contributed by atoms with Crippen molar-refractivity contribution in [1.29, 1.82) is 0 Å². The Balaban J connectivity index is 1.81. The molecule has 106 valence electrons. The second-order valence-corrected chi connectivity index (χ2v) is 4.91. The van der Waals surface area contributed by atoms with Crippen molar-refractivity contribution in [3.05, 3.63) is 58.1 Å². The molecule has 0 aliphatic rings. The highest BCUT2D eigenvalue weighted by Crippen LogP contribution is 2.32. The van der Waals surface area contributed by atoms with Crippen LogP contribution in [0.15, 0.2) is 42.5 Å². The fourth-order valence-corrected chi connectivity index (χ4v) is 2.15. The maximum atomic E-state index is 6.00. The monoisotopic (exact) mass is 311 g/mol. The summed E-state index contributed by atoms with van der Waals surface area (Å²) >= 11 is 12.0. The van der Waals surface area contributed by atoms with Crippen molar-refractivity contribution in [2.24, 2.45) is 5.73 Å². The zero-order valence-corrected chi connectivity index (χ0v) is 12.3. The number of nitrogens with two attached hydrogens (primary N) is 1. The van der Waals surface area contributed by atoms with Gasteiger partial charge in [0.1, 0.15) is 19.0 Å². The molecule has 0 bridgehead atoms. The topological polar surface area (TPSA) is 44.5 Å². The number of ether oxygens (including phenoxy) is 2. The fraction of sp³-hybridized carbons (Fsp3) is 0.200. The number of halogens is 2. The van der Waals surface area contributed by atoms with Crippen LogP contribution in [0.2, 0.25) is 10.0 Å². The van der Waals surface area contributed by atoms with Gasteiger partial charge in [0, 0.05) is 6.54 Å². The second-order valence-electron chi connectivity index (χ2n) is 4.10. The van der Waals surface area contributed by atoms with Gasteiger partial charge in [-0.1, -0.05) is 41.4 Å². The van der Waals surface area contributed by atoms with Crippen LogP contribution in [-0.4, -0.2) is 13.2 Å². The lowest BCUT2D eigenvalue weighted by molar-refractivity contribution is 0.217. The SMILES string of the molecule is NCc1ccc(OCCOc2c(Cl)cccc2Cl)cc1. The minimum absolute atomic E-state index is 0.363. The number of para-hydroxylation sites is 1. The standard InChI is InChI=1S/C15H15Cl2NO2/c16-13-2-1-3-14(17)15(13)20-9-8-19-12-6-4-11(10-18)5-7-12/h1-7H,8-10,18H2. The molecule has 0 atom stereocenters. The van der Waals surface area contributed by atoms with Crippen molar-refractivity contribution in [2.75, 3.05) is 13.2 Å². The Morgan fingerprint density at radius 1 is 0.850 bits per heavy atom. The summed E-state index contributed by atoms with van der Waals surface area (Å²) in [4.78, 5) is 0. The third kappa shape index (κ3) is 4.04. The van der Waals surface area contributed by atoms with Crippen molar-refractivity contribution >= 4 is 23.2 Å². The van der Waals surface area contributed by atoms with Gasteiger partial charge in [-0.3, -0.25) is 0 Å². The first-order valence-electron chi connectivity index (χ1n) is 6.19. The number of benzene rings is 2. The van der Waals surface area contributed by atoms with Crippen LogP contribution < -0.4 is 15.2 Å². The first kappa shape index (κ1) is 15.0. The normalized spacial score (nSPS) is 10.3. The van der Waals surface area contributed by atoms with Crippen LogP contribution in [-0.2, 0) is 6.54 Å². The van der Waals surface area contributed by atoms with Crippen LogP contribution in [0.25, 0.3) is 0 Å². The molecular weight excluding hydrogens is 297 g/mol. The van der Waals surface area contributed by atoms with Crippen molar-refractivity contribution in [3.8, 4) is 11.5 Å². The molecule has 2 rings (SSSR count). The van der Waals surface area contributed by atoms with Crippen LogP contribution in [0.3, 0.4) is 0 Å². The van der Waals surface area contributed by atoms with E-state index in [2.05, 4.69) is 0 Å². The van der Waals surface area contributed by atoms with Crippen LogP contribution in [0.1, 0.15) is 5.56 Å². The third-order valence-electron chi connectivity index (χ3n) is 2.68. The van der Waals surface area contributed by atoms with E-state index in [-0.39, 0.29) is 0 Å². The molecule has 0 saturated carbocycles. The predicted molar refractivity (Wildman–Crippen MR) is 81.8 cm³/mol. The molecule has 0 fully saturated rings. The smallest absolute Gasteiger partial charge is 0.156 e. The molecule has 0 radical (unpaired) electrons. The van der Waals surface area contributed by atoms with Gasteiger partial charge in [0.15, 0.2) is 5.75 Å². The van der Waals surface area contributed by atoms with E-state index in [1.807, 2.05) is 24.3 Å². The van der Waals surface area contributed by atoms with E-state index in [1.54, 1.807) is 18.2 Å². The van der Waals surface area contributed by atoms with Crippen molar-refractivity contribution < 1.29 is 9.47 Å². The van der Waals surface area contributed by atoms with E-state index in [0.717, 1.165) is 11.3 Å². The molecule has 0 aliphatic heterocycles. The zero-order valence-electron chi connectivity index (χ0n) is 10.8. The van der Waals surface area contributed by atoms with Gasteiger partial charge in [-0.05, 0) is 29.8 Å². The first-order valence-corrected chi connectivity index (χ1v) is 6.95. The second kappa shape index (κ2) is 7.39. The quantitative estimate of drug-likeness (QED) is 0.823. The number of rotatable bonds is 6. The summed E-state index contributed by atoms with van der Waals surface area (Å²) in [5.74, 6) is 1.26. The molecule has 20 heavy (non-hydrogen) atoms. The number of hydrogen-bond acceptors (Lipinski definition) is 3. The van der Waals surface area contributed by atoms with Crippen molar-refractivity contribution in [1.82, 2.24) is 0 Å².